The first-order chi connectivity index (χ1) is 15.2. The Morgan fingerprint density at radius 2 is 1.84 bits per heavy atom. The molecule has 0 aliphatic carbocycles. The quantitative estimate of drug-likeness (QED) is 0.448. The van der Waals surface area contributed by atoms with Crippen molar-refractivity contribution >= 4 is 46.0 Å². The summed E-state index contributed by atoms with van der Waals surface area (Å²) in [5, 5.41) is 16.2. The molecule has 0 aliphatic heterocycles. The number of fused-ring (bicyclic) bond motifs is 1. The van der Waals surface area contributed by atoms with E-state index in [1.807, 2.05) is 20.8 Å². The molecule has 0 aliphatic rings. The molecular formula is C24H26ClN3O4. The van der Waals surface area contributed by atoms with Crippen LogP contribution in [-0.4, -0.2) is 27.5 Å². The van der Waals surface area contributed by atoms with Crippen molar-refractivity contribution in [3.63, 3.8) is 0 Å². The van der Waals surface area contributed by atoms with E-state index in [9.17, 15) is 19.5 Å². The number of amides is 2. The van der Waals surface area contributed by atoms with Gasteiger partial charge in [-0.25, -0.2) is 4.79 Å². The van der Waals surface area contributed by atoms with Gasteiger partial charge in [0.1, 0.15) is 5.69 Å². The lowest BCUT2D eigenvalue weighted by Gasteiger charge is -2.11. The molecule has 3 aromatic rings. The predicted octanol–water partition coefficient (Wildman–Crippen LogP) is 4.93. The van der Waals surface area contributed by atoms with Gasteiger partial charge in [-0.05, 0) is 48.4 Å². The Balaban J connectivity index is 1.83. The lowest BCUT2D eigenvalue weighted by atomic mass is 10.1. The van der Waals surface area contributed by atoms with Crippen LogP contribution in [0.25, 0.3) is 10.9 Å². The standard InChI is InChI=1S/C24H26ClN3O4/c1-4-9-28-20-8-6-17(11-16(20)12-21(28)24(31)32)27-23(30)18-10-15(5-7-19(18)25)13-26-22(29)14(2)3/h5-8,10-12,14H,4,9,13H2,1-3H3,(H,26,29)(H,27,30)(H,31,32). The number of hydrogen-bond donors (Lipinski definition) is 3. The van der Waals surface area contributed by atoms with Crippen molar-refractivity contribution in [2.75, 3.05) is 5.32 Å². The number of aromatic carboxylic acids is 1. The third-order valence-electron chi connectivity index (χ3n) is 5.09. The molecule has 0 saturated carbocycles. The van der Waals surface area contributed by atoms with Crippen molar-refractivity contribution < 1.29 is 19.5 Å². The number of nitrogens with one attached hydrogen (secondary N) is 2. The Morgan fingerprint density at radius 1 is 1.09 bits per heavy atom. The molecule has 1 heterocycles. The van der Waals surface area contributed by atoms with Crippen LogP contribution in [-0.2, 0) is 17.9 Å². The number of carboxylic acid groups (broad SMARTS) is 1. The summed E-state index contributed by atoms with van der Waals surface area (Å²) in [6, 6.07) is 11.9. The summed E-state index contributed by atoms with van der Waals surface area (Å²) in [5.41, 5.74) is 2.58. The molecule has 3 N–H and O–H groups in total. The van der Waals surface area contributed by atoms with E-state index in [1.165, 1.54) is 0 Å². The Bertz CT molecular complexity index is 1180. The van der Waals surface area contributed by atoms with Crippen molar-refractivity contribution in [3.8, 4) is 0 Å². The number of aryl methyl sites for hydroxylation is 1. The molecule has 0 spiro atoms. The maximum Gasteiger partial charge on any atom is 0.352 e. The molecule has 7 nitrogen and oxygen atoms in total. The van der Waals surface area contributed by atoms with Crippen LogP contribution in [0.2, 0.25) is 5.02 Å². The van der Waals surface area contributed by atoms with Gasteiger partial charge in [0, 0.05) is 35.6 Å². The molecule has 1 aromatic heterocycles. The number of aromatic nitrogens is 1. The number of benzene rings is 2. The highest BCUT2D eigenvalue weighted by molar-refractivity contribution is 6.34. The van der Waals surface area contributed by atoms with Crippen LogP contribution in [0.3, 0.4) is 0 Å². The van der Waals surface area contributed by atoms with E-state index in [0.717, 1.165) is 22.9 Å². The third-order valence-corrected chi connectivity index (χ3v) is 5.42. The van der Waals surface area contributed by atoms with Gasteiger partial charge in [0.25, 0.3) is 5.91 Å². The molecule has 168 valence electrons. The van der Waals surface area contributed by atoms with Crippen molar-refractivity contribution in [1.29, 1.82) is 0 Å². The summed E-state index contributed by atoms with van der Waals surface area (Å²) in [6.07, 6.45) is 0.801. The van der Waals surface area contributed by atoms with Crippen LogP contribution in [0, 0.1) is 5.92 Å². The molecule has 2 aromatic carbocycles. The predicted molar refractivity (Wildman–Crippen MR) is 125 cm³/mol. The highest BCUT2D eigenvalue weighted by atomic mass is 35.5. The average molecular weight is 456 g/mol. The minimum atomic E-state index is -0.992. The molecule has 8 heteroatoms. The normalized spacial score (nSPS) is 11.0. The molecule has 0 atom stereocenters. The zero-order chi connectivity index (χ0) is 23.4. The van der Waals surface area contributed by atoms with Crippen molar-refractivity contribution in [3.05, 3.63) is 64.3 Å². The van der Waals surface area contributed by atoms with Crippen LogP contribution in [0.5, 0.6) is 0 Å². The van der Waals surface area contributed by atoms with E-state index >= 15 is 0 Å². The van der Waals surface area contributed by atoms with Crippen LogP contribution < -0.4 is 10.6 Å². The number of nitrogens with zero attached hydrogens (tertiary/aromatic N) is 1. The maximum atomic E-state index is 12.9. The average Bonchev–Trinajstić information content (AvgIpc) is 3.11. The first-order valence-corrected chi connectivity index (χ1v) is 10.8. The molecule has 32 heavy (non-hydrogen) atoms. The second-order valence-corrected chi connectivity index (χ2v) is 8.31. The Morgan fingerprint density at radius 3 is 2.50 bits per heavy atom. The first-order valence-electron chi connectivity index (χ1n) is 10.4. The van der Waals surface area contributed by atoms with Crippen LogP contribution in [0.15, 0.2) is 42.5 Å². The topological polar surface area (TPSA) is 100 Å². The van der Waals surface area contributed by atoms with E-state index in [1.54, 1.807) is 47.0 Å². The van der Waals surface area contributed by atoms with E-state index < -0.39 is 11.9 Å². The first kappa shape index (κ1) is 23.3. The molecule has 0 unspecified atom stereocenters. The zero-order valence-corrected chi connectivity index (χ0v) is 19.0. The second-order valence-electron chi connectivity index (χ2n) is 7.90. The zero-order valence-electron chi connectivity index (χ0n) is 18.2. The number of halogens is 1. The van der Waals surface area contributed by atoms with Gasteiger partial charge < -0.3 is 20.3 Å². The van der Waals surface area contributed by atoms with Gasteiger partial charge in [-0.2, -0.15) is 0 Å². The number of carbonyl (C=O) groups is 3. The van der Waals surface area contributed by atoms with Gasteiger partial charge in [-0.1, -0.05) is 38.4 Å². The molecule has 0 bridgehead atoms. The van der Waals surface area contributed by atoms with E-state index in [4.69, 9.17) is 11.6 Å². The van der Waals surface area contributed by atoms with Crippen molar-refractivity contribution in [2.45, 2.75) is 40.3 Å². The van der Waals surface area contributed by atoms with Crippen molar-refractivity contribution in [1.82, 2.24) is 9.88 Å². The van der Waals surface area contributed by atoms with Gasteiger partial charge in [0.2, 0.25) is 5.91 Å². The summed E-state index contributed by atoms with van der Waals surface area (Å²) in [7, 11) is 0. The molecule has 0 saturated heterocycles. The number of rotatable bonds is 8. The lowest BCUT2D eigenvalue weighted by Crippen LogP contribution is -2.27. The fourth-order valence-electron chi connectivity index (χ4n) is 3.44. The monoisotopic (exact) mass is 455 g/mol. The highest BCUT2D eigenvalue weighted by Gasteiger charge is 2.16. The molecule has 0 radical (unpaired) electrons. The molecular weight excluding hydrogens is 430 g/mol. The molecule has 3 rings (SSSR count). The Labute approximate surface area is 191 Å². The van der Waals surface area contributed by atoms with Gasteiger partial charge in [-0.3, -0.25) is 9.59 Å². The summed E-state index contributed by atoms with van der Waals surface area (Å²) >= 11 is 6.24. The summed E-state index contributed by atoms with van der Waals surface area (Å²) < 4.78 is 1.76. The molecule has 2 amide bonds. The van der Waals surface area contributed by atoms with Crippen LogP contribution in [0.1, 0.15) is 53.6 Å². The SMILES string of the molecule is CCCn1c(C(=O)O)cc2cc(NC(=O)c3cc(CNC(=O)C(C)C)ccc3Cl)ccc21. The van der Waals surface area contributed by atoms with E-state index in [0.29, 0.717) is 23.8 Å². The fourth-order valence-corrected chi connectivity index (χ4v) is 3.64. The summed E-state index contributed by atoms with van der Waals surface area (Å²) in [5.74, 6) is -1.59. The smallest absolute Gasteiger partial charge is 0.352 e. The molecule has 0 fully saturated rings. The van der Waals surface area contributed by atoms with Crippen LogP contribution in [0.4, 0.5) is 5.69 Å². The Hall–Kier alpha value is -3.32. The Kier molecular flexibility index (Phi) is 7.20. The van der Waals surface area contributed by atoms with Crippen LogP contribution >= 0.6 is 11.6 Å². The number of carboxylic acids is 1. The largest absolute Gasteiger partial charge is 0.477 e. The fraction of sp³-hybridized carbons (Fsp3) is 0.292. The van der Waals surface area contributed by atoms with Gasteiger partial charge in [0.05, 0.1) is 10.6 Å². The highest BCUT2D eigenvalue weighted by Crippen LogP contribution is 2.25. The van der Waals surface area contributed by atoms with E-state index in [-0.39, 0.29) is 23.1 Å². The van der Waals surface area contributed by atoms with Gasteiger partial charge in [0.15, 0.2) is 0 Å². The number of carbonyl (C=O) groups excluding carboxylic acids is 2. The van der Waals surface area contributed by atoms with E-state index in [2.05, 4.69) is 10.6 Å². The number of anilines is 1. The minimum absolute atomic E-state index is 0.0741. The van der Waals surface area contributed by atoms with Gasteiger partial charge in [-0.15, -0.1) is 0 Å². The van der Waals surface area contributed by atoms with Crippen molar-refractivity contribution in [2.24, 2.45) is 5.92 Å². The minimum Gasteiger partial charge on any atom is -0.477 e. The third kappa shape index (κ3) is 5.11. The summed E-state index contributed by atoms with van der Waals surface area (Å²) in [4.78, 5) is 36.3. The maximum absolute atomic E-state index is 12.9. The lowest BCUT2D eigenvalue weighted by molar-refractivity contribution is -0.124. The second kappa shape index (κ2) is 9.87. The van der Waals surface area contributed by atoms with Gasteiger partial charge >= 0.3 is 5.97 Å². The number of hydrogen-bond acceptors (Lipinski definition) is 3. The summed E-state index contributed by atoms with van der Waals surface area (Å²) in [6.45, 7) is 6.49.